The van der Waals surface area contributed by atoms with E-state index in [4.69, 9.17) is 0 Å². The van der Waals surface area contributed by atoms with E-state index < -0.39 is 0 Å². The highest BCUT2D eigenvalue weighted by molar-refractivity contribution is 5.76. The minimum atomic E-state index is 0.122. The van der Waals surface area contributed by atoms with Crippen LogP contribution in [0.2, 0.25) is 0 Å². The Morgan fingerprint density at radius 1 is 1.16 bits per heavy atom. The van der Waals surface area contributed by atoms with Crippen LogP contribution in [0.1, 0.15) is 47.0 Å². The van der Waals surface area contributed by atoms with Gasteiger partial charge in [0.1, 0.15) is 6.34 Å². The van der Waals surface area contributed by atoms with Gasteiger partial charge in [-0.05, 0) is 26.7 Å². The van der Waals surface area contributed by atoms with Crippen molar-refractivity contribution in [3.8, 4) is 0 Å². The Bertz CT molecular complexity index is 369. The maximum Gasteiger partial charge on any atom is 0.109 e. The molecule has 0 aromatic rings. The molecule has 0 bridgehead atoms. The van der Waals surface area contributed by atoms with Crippen molar-refractivity contribution >= 4 is 12.6 Å². The summed E-state index contributed by atoms with van der Waals surface area (Å²) in [7, 11) is 1.74. The van der Waals surface area contributed by atoms with Crippen molar-refractivity contribution in [2.24, 2.45) is 15.4 Å². The van der Waals surface area contributed by atoms with Gasteiger partial charge in [0, 0.05) is 18.7 Å². The van der Waals surface area contributed by atoms with Crippen molar-refractivity contribution in [1.29, 1.82) is 0 Å². The van der Waals surface area contributed by atoms with Crippen molar-refractivity contribution in [2.45, 2.75) is 47.0 Å². The number of hydrogen-bond acceptors (Lipinski definition) is 1. The fourth-order valence-electron chi connectivity index (χ4n) is 1.80. The highest BCUT2D eigenvalue weighted by Crippen LogP contribution is 2.25. The number of rotatable bonds is 8. The van der Waals surface area contributed by atoms with Crippen LogP contribution in [0, 0.1) is 5.41 Å². The fourth-order valence-corrected chi connectivity index (χ4v) is 1.80. The first-order chi connectivity index (χ1) is 9.04. The van der Waals surface area contributed by atoms with Gasteiger partial charge in [-0.25, -0.2) is 4.99 Å². The Labute approximate surface area is 118 Å². The van der Waals surface area contributed by atoms with Crippen molar-refractivity contribution in [3.63, 3.8) is 0 Å². The third-order valence-electron chi connectivity index (χ3n) is 2.76. The van der Waals surface area contributed by atoms with Crippen LogP contribution < -0.4 is 0 Å². The lowest BCUT2D eigenvalue weighted by Crippen LogP contribution is -2.17. The Hall–Kier alpha value is -1.44. The molecular weight excluding hydrogens is 232 g/mol. The third-order valence-corrected chi connectivity index (χ3v) is 2.76. The normalized spacial score (nSPS) is 15.8. The highest BCUT2D eigenvalue weighted by Gasteiger charge is 2.18. The zero-order valence-corrected chi connectivity index (χ0v) is 13.1. The van der Waals surface area contributed by atoms with Gasteiger partial charge in [0.25, 0.3) is 0 Å². The molecule has 0 heterocycles. The Morgan fingerprint density at radius 3 is 2.47 bits per heavy atom. The predicted molar refractivity (Wildman–Crippen MR) is 88.3 cm³/mol. The molecule has 0 rings (SSSR count). The lowest BCUT2D eigenvalue weighted by molar-refractivity contribution is 0.438. The summed E-state index contributed by atoms with van der Waals surface area (Å²) in [6, 6.07) is 0. The second-order valence-electron chi connectivity index (χ2n) is 5.32. The van der Waals surface area contributed by atoms with E-state index in [9.17, 15) is 0 Å². The average Bonchev–Trinajstić information content (AvgIpc) is 2.34. The maximum absolute atomic E-state index is 4.24. The Kier molecular flexibility index (Phi) is 9.69. The quantitative estimate of drug-likeness (QED) is 0.334. The van der Waals surface area contributed by atoms with Crippen LogP contribution in [0.25, 0.3) is 0 Å². The van der Waals surface area contributed by atoms with Crippen LogP contribution in [0.4, 0.5) is 0 Å². The molecule has 2 nitrogen and oxygen atoms in total. The molecule has 0 fully saturated rings. The highest BCUT2D eigenvalue weighted by atomic mass is 14.8. The number of aliphatic imine (C=N–C) groups is 2. The van der Waals surface area contributed by atoms with Gasteiger partial charge in [0.05, 0.1) is 0 Å². The minimum absolute atomic E-state index is 0.122. The maximum atomic E-state index is 4.24. The van der Waals surface area contributed by atoms with Crippen LogP contribution in [0.5, 0.6) is 0 Å². The van der Waals surface area contributed by atoms with Crippen molar-refractivity contribution in [2.75, 3.05) is 7.05 Å². The number of nitrogens with zero attached hydrogens (tertiary/aromatic N) is 2. The molecular formula is C17H28N2. The van der Waals surface area contributed by atoms with Gasteiger partial charge >= 0.3 is 0 Å². The second-order valence-corrected chi connectivity index (χ2v) is 5.32. The summed E-state index contributed by atoms with van der Waals surface area (Å²) in [5, 5.41) is 0. The summed E-state index contributed by atoms with van der Waals surface area (Å²) in [6.45, 7) is 8.64. The molecule has 0 amide bonds. The van der Waals surface area contributed by atoms with Gasteiger partial charge in [-0.3, -0.25) is 4.99 Å². The van der Waals surface area contributed by atoms with E-state index in [1.165, 1.54) is 5.57 Å². The number of hydrogen-bond donors (Lipinski definition) is 0. The SMILES string of the molecule is CCCC(C)(C=NC=NC)C/C=C\C=C/C=C(C)C. The van der Waals surface area contributed by atoms with Crippen LogP contribution >= 0.6 is 0 Å². The molecule has 0 aliphatic heterocycles. The van der Waals surface area contributed by atoms with Crippen LogP contribution in [-0.2, 0) is 0 Å². The van der Waals surface area contributed by atoms with E-state index in [2.05, 4.69) is 68.1 Å². The molecule has 0 saturated heterocycles. The molecule has 106 valence electrons. The van der Waals surface area contributed by atoms with Crippen LogP contribution in [-0.4, -0.2) is 19.6 Å². The average molecular weight is 260 g/mol. The Balaban J connectivity index is 4.46. The fraction of sp³-hybridized carbons (Fsp3) is 0.529. The molecule has 19 heavy (non-hydrogen) atoms. The van der Waals surface area contributed by atoms with Gasteiger partial charge in [-0.1, -0.05) is 56.2 Å². The molecule has 2 heteroatoms. The van der Waals surface area contributed by atoms with Crippen LogP contribution in [0.15, 0.2) is 45.9 Å². The van der Waals surface area contributed by atoms with Crippen molar-refractivity contribution in [3.05, 3.63) is 36.0 Å². The van der Waals surface area contributed by atoms with Gasteiger partial charge in [0.15, 0.2) is 0 Å². The standard InChI is InChI=1S/C17H28N2/c1-6-12-17(4,14-19-15-18-5)13-10-8-7-9-11-16(2)3/h7-11,14-15H,6,12-13H2,1-5H3/b9-7-,10-8-,18-15?,19-14?. The van der Waals surface area contributed by atoms with E-state index in [-0.39, 0.29) is 5.41 Å². The zero-order chi connectivity index (χ0) is 14.6. The summed E-state index contributed by atoms with van der Waals surface area (Å²) in [6.07, 6.45) is 17.5. The molecule has 0 N–H and O–H groups in total. The molecule has 0 aliphatic carbocycles. The molecule has 0 spiro atoms. The molecule has 1 unspecified atom stereocenters. The number of allylic oxidation sites excluding steroid dienone is 6. The van der Waals surface area contributed by atoms with Crippen molar-refractivity contribution < 1.29 is 0 Å². The summed E-state index contributed by atoms with van der Waals surface area (Å²) in [5.41, 5.74) is 1.43. The summed E-state index contributed by atoms with van der Waals surface area (Å²) in [5.74, 6) is 0. The van der Waals surface area contributed by atoms with Crippen molar-refractivity contribution in [1.82, 2.24) is 0 Å². The van der Waals surface area contributed by atoms with Gasteiger partial charge in [-0.2, -0.15) is 0 Å². The molecule has 1 atom stereocenters. The first-order valence-corrected chi connectivity index (χ1v) is 6.95. The summed E-state index contributed by atoms with van der Waals surface area (Å²) in [4.78, 5) is 8.12. The molecule has 0 aliphatic rings. The Morgan fingerprint density at radius 2 is 1.89 bits per heavy atom. The predicted octanol–water partition coefficient (Wildman–Crippen LogP) is 4.99. The smallest absolute Gasteiger partial charge is 0.109 e. The van der Waals surface area contributed by atoms with E-state index in [1.807, 2.05) is 6.21 Å². The van der Waals surface area contributed by atoms with Gasteiger partial charge in [-0.15, -0.1) is 0 Å². The largest absolute Gasteiger partial charge is 0.277 e. The van der Waals surface area contributed by atoms with Gasteiger partial charge < -0.3 is 0 Å². The monoisotopic (exact) mass is 260 g/mol. The van der Waals surface area contributed by atoms with E-state index >= 15 is 0 Å². The molecule has 0 aromatic carbocycles. The molecule has 0 radical (unpaired) electrons. The molecule has 0 saturated carbocycles. The first-order valence-electron chi connectivity index (χ1n) is 6.95. The van der Waals surface area contributed by atoms with E-state index in [0.29, 0.717) is 0 Å². The van der Waals surface area contributed by atoms with E-state index in [1.54, 1.807) is 13.4 Å². The first kappa shape index (κ1) is 17.6. The minimum Gasteiger partial charge on any atom is -0.277 e. The van der Waals surface area contributed by atoms with Crippen LogP contribution in [0.3, 0.4) is 0 Å². The lowest BCUT2D eigenvalue weighted by Gasteiger charge is -2.22. The lowest BCUT2D eigenvalue weighted by atomic mass is 9.83. The summed E-state index contributed by atoms with van der Waals surface area (Å²) >= 11 is 0. The van der Waals surface area contributed by atoms with Gasteiger partial charge in [0.2, 0.25) is 0 Å². The summed E-state index contributed by atoms with van der Waals surface area (Å²) < 4.78 is 0. The second kappa shape index (κ2) is 10.5. The topological polar surface area (TPSA) is 24.7 Å². The molecule has 0 aromatic heterocycles. The zero-order valence-electron chi connectivity index (χ0n) is 13.1. The third kappa shape index (κ3) is 10.2. The van der Waals surface area contributed by atoms with E-state index in [0.717, 1.165) is 19.3 Å².